The van der Waals surface area contributed by atoms with Gasteiger partial charge >= 0.3 is 11.9 Å². The van der Waals surface area contributed by atoms with Crippen LogP contribution in [0.15, 0.2) is 24.3 Å². The zero-order chi connectivity index (χ0) is 44.1. The van der Waals surface area contributed by atoms with Crippen molar-refractivity contribution in [2.45, 2.75) is 243 Å². The van der Waals surface area contributed by atoms with Crippen molar-refractivity contribution in [3.05, 3.63) is 24.3 Å². The summed E-state index contributed by atoms with van der Waals surface area (Å²) in [4.78, 5) is 25.4. The predicted molar refractivity (Wildman–Crippen MR) is 238 cm³/mol. The van der Waals surface area contributed by atoms with Gasteiger partial charge in [0.2, 0.25) is 0 Å². The largest absolute Gasteiger partial charge is 0.462 e. The summed E-state index contributed by atoms with van der Waals surface area (Å²) in [5.74, 6) is -1.99. The molecule has 0 bridgehead atoms. The van der Waals surface area contributed by atoms with Gasteiger partial charge in [-0.25, -0.2) is 0 Å². The number of hydrogen-bond donors (Lipinski definition) is 4. The Bertz CT molecular complexity index is 1210. The molecule has 6 atom stereocenters. The van der Waals surface area contributed by atoms with E-state index in [0.717, 1.165) is 64.2 Å². The number of esters is 2. The maximum Gasteiger partial charge on any atom is 0.306 e. The minimum atomic E-state index is -4.60. The van der Waals surface area contributed by atoms with Crippen LogP contribution in [0.5, 0.6) is 0 Å². The minimum Gasteiger partial charge on any atom is -0.462 e. The van der Waals surface area contributed by atoms with E-state index in [1.165, 1.54) is 103 Å². The Morgan fingerprint density at radius 3 is 1.52 bits per heavy atom. The van der Waals surface area contributed by atoms with Crippen molar-refractivity contribution in [1.82, 2.24) is 0 Å². The highest BCUT2D eigenvalue weighted by Crippen LogP contribution is 2.24. The number of rotatable bonds is 40. The number of ether oxygens (including phenoxy) is 4. The van der Waals surface area contributed by atoms with Gasteiger partial charge in [0.15, 0.2) is 12.4 Å². The minimum absolute atomic E-state index is 0.166. The van der Waals surface area contributed by atoms with Gasteiger partial charge in [0.05, 0.1) is 6.61 Å². The van der Waals surface area contributed by atoms with Crippen molar-refractivity contribution < 1.29 is 56.8 Å². The van der Waals surface area contributed by atoms with Crippen LogP contribution in [-0.4, -0.2) is 96.0 Å². The van der Waals surface area contributed by atoms with Crippen LogP contribution in [0.4, 0.5) is 0 Å². The maximum atomic E-state index is 12.8. The van der Waals surface area contributed by atoms with E-state index >= 15 is 0 Å². The zero-order valence-electron chi connectivity index (χ0n) is 37.6. The number of aliphatic hydroxyl groups is 3. The smallest absolute Gasteiger partial charge is 0.306 e. The van der Waals surface area contributed by atoms with Gasteiger partial charge in [0.25, 0.3) is 10.1 Å². The molecular formula is C47H86O12S. The highest BCUT2D eigenvalue weighted by molar-refractivity contribution is 7.85. The van der Waals surface area contributed by atoms with Gasteiger partial charge < -0.3 is 34.3 Å². The number of hydrogen-bond acceptors (Lipinski definition) is 11. The molecule has 0 amide bonds. The van der Waals surface area contributed by atoms with Gasteiger partial charge in [-0.1, -0.05) is 179 Å². The molecule has 0 radical (unpaired) electrons. The molecule has 0 aromatic heterocycles. The van der Waals surface area contributed by atoms with Crippen LogP contribution in [-0.2, 0) is 38.7 Å². The first-order valence-electron chi connectivity index (χ1n) is 23.9. The lowest BCUT2D eigenvalue weighted by Crippen LogP contribution is -2.60. The van der Waals surface area contributed by atoms with Crippen LogP contribution in [0, 0.1) is 0 Å². The lowest BCUT2D eigenvalue weighted by Gasteiger charge is -2.40. The fraction of sp³-hybridized carbons (Fsp3) is 0.872. The molecule has 1 aliphatic rings. The monoisotopic (exact) mass is 875 g/mol. The molecule has 12 nitrogen and oxygen atoms in total. The molecule has 0 aromatic carbocycles. The summed E-state index contributed by atoms with van der Waals surface area (Å²) in [5, 5.41) is 30.9. The van der Waals surface area contributed by atoms with Gasteiger partial charge in [-0.05, 0) is 38.5 Å². The molecular weight excluding hydrogens is 789 g/mol. The molecule has 2 unspecified atom stereocenters. The normalized spacial score (nSPS) is 20.3. The zero-order valence-corrected chi connectivity index (χ0v) is 38.4. The quantitative estimate of drug-likeness (QED) is 0.0198. The molecule has 0 saturated carbocycles. The third-order valence-electron chi connectivity index (χ3n) is 11.0. The van der Waals surface area contributed by atoms with E-state index in [0.29, 0.717) is 12.8 Å². The average Bonchev–Trinajstić information content (AvgIpc) is 3.21. The summed E-state index contributed by atoms with van der Waals surface area (Å²) in [5.41, 5.74) is 0. The van der Waals surface area contributed by atoms with Gasteiger partial charge in [0, 0.05) is 12.8 Å². The number of aliphatic hydroxyl groups excluding tert-OH is 3. The molecule has 60 heavy (non-hydrogen) atoms. The second kappa shape index (κ2) is 37.7. The Morgan fingerprint density at radius 2 is 1.02 bits per heavy atom. The van der Waals surface area contributed by atoms with Crippen molar-refractivity contribution in [2.24, 2.45) is 0 Å². The third-order valence-corrected chi connectivity index (χ3v) is 11.8. The first-order chi connectivity index (χ1) is 29.0. The fourth-order valence-electron chi connectivity index (χ4n) is 7.28. The molecule has 4 N–H and O–H groups in total. The lowest BCUT2D eigenvalue weighted by molar-refractivity contribution is -0.297. The SMILES string of the molecule is CCCC/C=C/C/C=C/CCCCCCCC(=O)OC[C@H](CO[C@H]1O[C@H](CS(=O)(=O)O)[C@@H](O)C(O)C1O)OC(=O)CCCCCCCCCCCCCCCCCCCC. The van der Waals surface area contributed by atoms with Crippen LogP contribution in [0.1, 0.15) is 206 Å². The summed E-state index contributed by atoms with van der Waals surface area (Å²) >= 11 is 0. The van der Waals surface area contributed by atoms with E-state index in [-0.39, 0.29) is 19.4 Å². The molecule has 13 heteroatoms. The summed E-state index contributed by atoms with van der Waals surface area (Å²) in [6.07, 6.45) is 32.2. The van der Waals surface area contributed by atoms with Crippen molar-refractivity contribution in [3.8, 4) is 0 Å². The molecule has 1 saturated heterocycles. The topological polar surface area (TPSA) is 186 Å². The summed E-state index contributed by atoms with van der Waals surface area (Å²) in [6, 6.07) is 0. The summed E-state index contributed by atoms with van der Waals surface area (Å²) in [7, 11) is -4.60. The third kappa shape index (κ3) is 31.9. The van der Waals surface area contributed by atoms with Crippen LogP contribution >= 0.6 is 0 Å². The van der Waals surface area contributed by atoms with E-state index in [2.05, 4.69) is 38.2 Å². The van der Waals surface area contributed by atoms with Crippen molar-refractivity contribution in [3.63, 3.8) is 0 Å². The number of unbranched alkanes of at least 4 members (excludes halogenated alkanes) is 24. The molecule has 0 aromatic rings. The summed E-state index contributed by atoms with van der Waals surface area (Å²) in [6.45, 7) is 3.73. The Labute approximate surface area is 364 Å². The van der Waals surface area contributed by atoms with Gasteiger partial charge in [-0.15, -0.1) is 0 Å². The van der Waals surface area contributed by atoms with Gasteiger partial charge in [-0.3, -0.25) is 14.1 Å². The number of carbonyl (C=O) groups is 2. The predicted octanol–water partition coefficient (Wildman–Crippen LogP) is 10.0. The lowest BCUT2D eigenvalue weighted by atomic mass is 10.00. The average molecular weight is 875 g/mol. The van der Waals surface area contributed by atoms with E-state index in [1.807, 2.05) is 0 Å². The van der Waals surface area contributed by atoms with Crippen molar-refractivity contribution in [1.29, 1.82) is 0 Å². The second-order valence-corrected chi connectivity index (χ2v) is 18.3. The van der Waals surface area contributed by atoms with E-state index in [1.54, 1.807) is 0 Å². The summed E-state index contributed by atoms with van der Waals surface area (Å²) < 4.78 is 54.1. The molecule has 1 rings (SSSR count). The number of allylic oxidation sites excluding steroid dienone is 4. The molecule has 352 valence electrons. The highest BCUT2D eigenvalue weighted by atomic mass is 32.2. The fourth-order valence-corrected chi connectivity index (χ4v) is 7.97. The first-order valence-corrected chi connectivity index (χ1v) is 25.5. The van der Waals surface area contributed by atoms with Crippen LogP contribution in [0.2, 0.25) is 0 Å². The van der Waals surface area contributed by atoms with Crippen LogP contribution < -0.4 is 0 Å². The number of carbonyl (C=O) groups excluding carboxylic acids is 2. The Kier molecular flexibility index (Phi) is 35.2. The van der Waals surface area contributed by atoms with E-state index in [9.17, 15) is 37.9 Å². The molecule has 0 spiro atoms. The first kappa shape index (κ1) is 56.1. The van der Waals surface area contributed by atoms with Crippen molar-refractivity contribution >= 4 is 22.1 Å². The molecule has 0 aliphatic carbocycles. The van der Waals surface area contributed by atoms with Crippen LogP contribution in [0.3, 0.4) is 0 Å². The second-order valence-electron chi connectivity index (χ2n) is 16.8. The van der Waals surface area contributed by atoms with Gasteiger partial charge in [0.1, 0.15) is 36.8 Å². The Morgan fingerprint density at radius 1 is 0.567 bits per heavy atom. The molecule has 1 fully saturated rings. The molecule has 1 aliphatic heterocycles. The Hall–Kier alpha value is -1.87. The standard InChI is InChI=1S/C47H86O12S/c1-3-5-7-9-11-13-15-17-19-20-21-22-24-26-28-30-32-34-36-43(49)58-40(38-57-47-46(52)45(51)44(50)41(59-47)39-60(53,54)55)37-56-42(48)35-33-31-29-27-25-23-18-16-14-12-10-8-6-4-2/h10,12,16,18,40-41,44-47,50-52H,3-9,11,13-15,17,19-39H2,1-2H3,(H,53,54,55)/b12-10+,18-16+/t40-,41-,44-,45?,46?,47+/m1/s1. The molecule has 1 heterocycles. The Balaban J connectivity index is 2.41. The van der Waals surface area contributed by atoms with E-state index < -0.39 is 71.2 Å². The van der Waals surface area contributed by atoms with Crippen LogP contribution in [0.25, 0.3) is 0 Å². The van der Waals surface area contributed by atoms with Crippen molar-refractivity contribution in [2.75, 3.05) is 19.0 Å². The maximum absolute atomic E-state index is 12.8. The van der Waals surface area contributed by atoms with E-state index in [4.69, 9.17) is 18.9 Å². The highest BCUT2D eigenvalue weighted by Gasteiger charge is 2.46. The van der Waals surface area contributed by atoms with Gasteiger partial charge in [-0.2, -0.15) is 8.42 Å².